The lowest BCUT2D eigenvalue weighted by atomic mass is 9.84. The van der Waals surface area contributed by atoms with E-state index >= 15 is 0 Å². The highest BCUT2D eigenvalue weighted by Crippen LogP contribution is 2.26. The molecule has 0 heterocycles. The number of benzene rings is 2. The summed E-state index contributed by atoms with van der Waals surface area (Å²) in [5.41, 5.74) is 13.4. The molecule has 1 heteroatoms. The maximum absolute atomic E-state index is 6.57. The summed E-state index contributed by atoms with van der Waals surface area (Å²) in [6, 6.07) is 15.4. The zero-order valence-electron chi connectivity index (χ0n) is 13.7. The highest BCUT2D eigenvalue weighted by atomic mass is 14.6. The van der Waals surface area contributed by atoms with Crippen molar-refractivity contribution in [2.75, 3.05) is 0 Å². The van der Waals surface area contributed by atoms with Gasteiger partial charge in [0.1, 0.15) is 0 Å². The van der Waals surface area contributed by atoms with Crippen LogP contribution in [0.5, 0.6) is 0 Å². The van der Waals surface area contributed by atoms with E-state index in [1.807, 2.05) is 0 Å². The average molecular weight is 281 g/mol. The van der Waals surface area contributed by atoms with Crippen LogP contribution in [-0.4, -0.2) is 6.04 Å². The molecule has 2 atom stereocenters. The summed E-state index contributed by atoms with van der Waals surface area (Å²) in [7, 11) is 0. The van der Waals surface area contributed by atoms with Crippen molar-refractivity contribution in [3.8, 4) is 0 Å². The second kappa shape index (κ2) is 6.91. The van der Waals surface area contributed by atoms with Crippen LogP contribution in [0.2, 0.25) is 0 Å². The molecule has 0 aliphatic heterocycles. The van der Waals surface area contributed by atoms with Gasteiger partial charge in [0, 0.05) is 6.04 Å². The Morgan fingerprint density at radius 2 is 1.52 bits per heavy atom. The van der Waals surface area contributed by atoms with E-state index in [0.29, 0.717) is 5.92 Å². The lowest BCUT2D eigenvalue weighted by molar-refractivity contribution is 0.513. The SMILES string of the molecule is CCC(c1ccccc1)C(N)Cc1c(C)cc(C)cc1C. The Hall–Kier alpha value is -1.60. The summed E-state index contributed by atoms with van der Waals surface area (Å²) < 4.78 is 0. The summed E-state index contributed by atoms with van der Waals surface area (Å²) in [4.78, 5) is 0. The van der Waals surface area contributed by atoms with Crippen LogP contribution in [-0.2, 0) is 6.42 Å². The van der Waals surface area contributed by atoms with Crippen LogP contribution < -0.4 is 5.73 Å². The van der Waals surface area contributed by atoms with E-state index in [1.54, 1.807) is 0 Å². The van der Waals surface area contributed by atoms with Crippen LogP contribution in [0.25, 0.3) is 0 Å². The van der Waals surface area contributed by atoms with Gasteiger partial charge in [-0.05, 0) is 61.8 Å². The van der Waals surface area contributed by atoms with Crippen molar-refractivity contribution in [3.63, 3.8) is 0 Å². The normalized spacial score (nSPS) is 14.0. The minimum absolute atomic E-state index is 0.164. The van der Waals surface area contributed by atoms with Gasteiger partial charge < -0.3 is 5.73 Å². The van der Waals surface area contributed by atoms with E-state index in [9.17, 15) is 0 Å². The average Bonchev–Trinajstić information content (AvgIpc) is 2.45. The predicted octanol–water partition coefficient (Wildman–Crippen LogP) is 4.68. The number of hydrogen-bond donors (Lipinski definition) is 1. The predicted molar refractivity (Wildman–Crippen MR) is 91.8 cm³/mol. The molecular formula is C20H27N. The Labute approximate surface area is 129 Å². The molecule has 2 rings (SSSR count). The van der Waals surface area contributed by atoms with Gasteiger partial charge in [-0.3, -0.25) is 0 Å². The molecule has 1 nitrogen and oxygen atoms in total. The largest absolute Gasteiger partial charge is 0.327 e. The van der Waals surface area contributed by atoms with Gasteiger partial charge in [-0.2, -0.15) is 0 Å². The van der Waals surface area contributed by atoms with E-state index in [1.165, 1.54) is 27.8 Å². The van der Waals surface area contributed by atoms with E-state index in [0.717, 1.165) is 12.8 Å². The van der Waals surface area contributed by atoms with Crippen molar-refractivity contribution in [1.82, 2.24) is 0 Å². The molecule has 0 spiro atoms. The van der Waals surface area contributed by atoms with Crippen molar-refractivity contribution in [1.29, 1.82) is 0 Å². The fraction of sp³-hybridized carbons (Fsp3) is 0.400. The third-order valence-electron chi connectivity index (χ3n) is 4.46. The van der Waals surface area contributed by atoms with Crippen LogP contribution in [0.3, 0.4) is 0 Å². The summed E-state index contributed by atoms with van der Waals surface area (Å²) in [5.74, 6) is 0.423. The number of hydrogen-bond acceptors (Lipinski definition) is 1. The zero-order valence-corrected chi connectivity index (χ0v) is 13.7. The zero-order chi connectivity index (χ0) is 15.4. The van der Waals surface area contributed by atoms with Crippen LogP contribution in [0.4, 0.5) is 0 Å². The minimum atomic E-state index is 0.164. The molecule has 0 aliphatic carbocycles. The third-order valence-corrected chi connectivity index (χ3v) is 4.46. The van der Waals surface area contributed by atoms with Crippen molar-refractivity contribution in [2.45, 2.75) is 52.5 Å². The Bertz CT molecular complexity index is 563. The van der Waals surface area contributed by atoms with Gasteiger partial charge >= 0.3 is 0 Å². The molecule has 0 radical (unpaired) electrons. The first-order valence-corrected chi connectivity index (χ1v) is 7.90. The van der Waals surface area contributed by atoms with Crippen LogP contribution in [0.1, 0.15) is 47.1 Å². The van der Waals surface area contributed by atoms with Crippen molar-refractivity contribution >= 4 is 0 Å². The fourth-order valence-corrected chi connectivity index (χ4v) is 3.40. The van der Waals surface area contributed by atoms with Crippen LogP contribution >= 0.6 is 0 Å². The topological polar surface area (TPSA) is 26.0 Å². The van der Waals surface area contributed by atoms with Gasteiger partial charge in [0.25, 0.3) is 0 Å². The molecule has 0 fully saturated rings. The molecular weight excluding hydrogens is 254 g/mol. The molecule has 0 bridgehead atoms. The van der Waals surface area contributed by atoms with Crippen molar-refractivity contribution < 1.29 is 0 Å². The maximum atomic E-state index is 6.57. The lowest BCUT2D eigenvalue weighted by Gasteiger charge is -2.25. The summed E-state index contributed by atoms with van der Waals surface area (Å²) in [5, 5.41) is 0. The fourth-order valence-electron chi connectivity index (χ4n) is 3.40. The molecule has 2 aromatic carbocycles. The first-order chi connectivity index (χ1) is 10.0. The van der Waals surface area contributed by atoms with Crippen molar-refractivity contribution in [3.05, 3.63) is 70.3 Å². The molecule has 0 aliphatic rings. The quantitative estimate of drug-likeness (QED) is 0.846. The Morgan fingerprint density at radius 1 is 0.952 bits per heavy atom. The van der Waals surface area contributed by atoms with Crippen LogP contribution in [0.15, 0.2) is 42.5 Å². The van der Waals surface area contributed by atoms with Crippen molar-refractivity contribution in [2.24, 2.45) is 5.73 Å². The standard InChI is InChI=1S/C20H27N/c1-5-18(17-9-7-6-8-10-17)20(21)13-19-15(3)11-14(2)12-16(19)4/h6-12,18,20H,5,13,21H2,1-4H3. The lowest BCUT2D eigenvalue weighted by Crippen LogP contribution is -2.31. The minimum Gasteiger partial charge on any atom is -0.327 e. The molecule has 2 unspecified atom stereocenters. The smallest absolute Gasteiger partial charge is 0.0149 e. The van der Waals surface area contributed by atoms with Gasteiger partial charge in [-0.15, -0.1) is 0 Å². The maximum Gasteiger partial charge on any atom is 0.0149 e. The summed E-state index contributed by atoms with van der Waals surface area (Å²) in [6.45, 7) is 8.78. The van der Waals surface area contributed by atoms with E-state index in [4.69, 9.17) is 5.73 Å². The number of nitrogens with two attached hydrogens (primary N) is 1. The van der Waals surface area contributed by atoms with Crippen LogP contribution in [0, 0.1) is 20.8 Å². The third kappa shape index (κ3) is 3.74. The van der Waals surface area contributed by atoms with Gasteiger partial charge in [-0.25, -0.2) is 0 Å². The summed E-state index contributed by atoms with van der Waals surface area (Å²) >= 11 is 0. The monoisotopic (exact) mass is 281 g/mol. The second-order valence-electron chi connectivity index (χ2n) is 6.17. The Morgan fingerprint density at radius 3 is 2.05 bits per heavy atom. The molecule has 2 N–H and O–H groups in total. The Balaban J connectivity index is 2.23. The molecule has 112 valence electrons. The van der Waals surface area contributed by atoms with Gasteiger partial charge in [0.2, 0.25) is 0 Å². The highest BCUT2D eigenvalue weighted by molar-refractivity contribution is 5.38. The first-order valence-electron chi connectivity index (χ1n) is 7.90. The Kier molecular flexibility index (Phi) is 5.19. The van der Waals surface area contributed by atoms with Gasteiger partial charge in [-0.1, -0.05) is 55.0 Å². The van der Waals surface area contributed by atoms with E-state index in [-0.39, 0.29) is 6.04 Å². The molecule has 21 heavy (non-hydrogen) atoms. The summed E-state index contributed by atoms with van der Waals surface area (Å²) in [6.07, 6.45) is 2.03. The first kappa shape index (κ1) is 15.8. The molecule has 2 aromatic rings. The molecule has 0 saturated carbocycles. The molecule has 0 aromatic heterocycles. The van der Waals surface area contributed by atoms with Gasteiger partial charge in [0.05, 0.1) is 0 Å². The number of aryl methyl sites for hydroxylation is 3. The molecule has 0 saturated heterocycles. The van der Waals surface area contributed by atoms with E-state index < -0.39 is 0 Å². The second-order valence-corrected chi connectivity index (χ2v) is 6.17. The molecule has 0 amide bonds. The number of rotatable bonds is 5. The van der Waals surface area contributed by atoms with E-state index in [2.05, 4.69) is 70.2 Å². The highest BCUT2D eigenvalue weighted by Gasteiger charge is 2.19. The van der Waals surface area contributed by atoms with Gasteiger partial charge in [0.15, 0.2) is 0 Å².